The van der Waals surface area contributed by atoms with Gasteiger partial charge in [-0.15, -0.1) is 0 Å². The molecule has 0 unspecified atom stereocenters. The van der Waals surface area contributed by atoms with Gasteiger partial charge in [0.15, 0.2) is 0 Å². The lowest BCUT2D eigenvalue weighted by atomic mass is 10.3. The van der Waals surface area contributed by atoms with Crippen molar-refractivity contribution in [2.45, 2.75) is 17.7 Å². The number of hydrogen-bond acceptors (Lipinski definition) is 9. The van der Waals surface area contributed by atoms with E-state index in [1.165, 1.54) is 30.6 Å². The van der Waals surface area contributed by atoms with Gasteiger partial charge in [0, 0.05) is 38.2 Å². The molecule has 0 aliphatic carbocycles. The Morgan fingerprint density at radius 1 is 0.848 bits per heavy atom. The molecule has 170 valence electrons. The monoisotopic (exact) mass is 467 g/mol. The first-order valence-electron chi connectivity index (χ1n) is 10.1. The molecule has 33 heavy (non-hydrogen) atoms. The van der Waals surface area contributed by atoms with Gasteiger partial charge in [-0.05, 0) is 36.4 Å². The van der Waals surface area contributed by atoms with Crippen molar-refractivity contribution in [3.63, 3.8) is 0 Å². The van der Waals surface area contributed by atoms with Gasteiger partial charge in [0.2, 0.25) is 21.8 Å². The molecule has 3 aromatic rings. The van der Waals surface area contributed by atoms with E-state index in [2.05, 4.69) is 30.3 Å². The number of pyridine rings is 1. The van der Waals surface area contributed by atoms with Crippen molar-refractivity contribution < 1.29 is 18.0 Å². The largest absolute Gasteiger partial charge is 0.369 e. The zero-order chi connectivity index (χ0) is 23.3. The standard InChI is InChI=1S/C21H21N7O4S/c29-20-8-9-21(30)28(20)15-4-6-16(7-5-15)33(31,32)26-12-11-23-18-13-19(25-14-24-18)27-17-3-1-2-10-22-17/h1-7,10,13-14,26H,8-9,11-12H2,(H2,22,23,24,25,27). The van der Waals surface area contributed by atoms with Gasteiger partial charge in [-0.25, -0.2) is 28.1 Å². The van der Waals surface area contributed by atoms with Gasteiger partial charge in [-0.1, -0.05) is 6.07 Å². The minimum Gasteiger partial charge on any atom is -0.369 e. The molecule has 2 aromatic heterocycles. The van der Waals surface area contributed by atoms with Crippen molar-refractivity contribution in [1.82, 2.24) is 19.7 Å². The Kier molecular flexibility index (Phi) is 6.56. The molecular formula is C21H21N7O4S. The van der Waals surface area contributed by atoms with Crippen molar-refractivity contribution in [2.75, 3.05) is 28.6 Å². The van der Waals surface area contributed by atoms with Crippen LogP contribution in [0.1, 0.15) is 12.8 Å². The molecule has 1 fully saturated rings. The summed E-state index contributed by atoms with van der Waals surface area (Å²) < 4.78 is 27.6. The number of carbonyl (C=O) groups is 2. The van der Waals surface area contributed by atoms with Crippen molar-refractivity contribution in [1.29, 1.82) is 0 Å². The molecule has 4 rings (SSSR count). The van der Waals surface area contributed by atoms with Crippen LogP contribution in [0.3, 0.4) is 0 Å². The van der Waals surface area contributed by atoms with Crippen LogP contribution in [-0.4, -0.2) is 48.3 Å². The molecule has 1 aliphatic rings. The predicted octanol–water partition coefficient (Wildman–Crippen LogP) is 1.66. The maximum Gasteiger partial charge on any atom is 0.240 e. The average molecular weight is 468 g/mol. The highest BCUT2D eigenvalue weighted by Crippen LogP contribution is 2.24. The quantitative estimate of drug-likeness (QED) is 0.316. The second-order valence-corrected chi connectivity index (χ2v) is 8.84. The van der Waals surface area contributed by atoms with Crippen LogP contribution in [0.15, 0.2) is 66.0 Å². The van der Waals surface area contributed by atoms with Crippen LogP contribution in [0, 0.1) is 0 Å². The van der Waals surface area contributed by atoms with Crippen LogP contribution in [0.5, 0.6) is 0 Å². The number of imide groups is 1. The highest BCUT2D eigenvalue weighted by molar-refractivity contribution is 7.89. The number of benzene rings is 1. The molecule has 0 atom stereocenters. The second-order valence-electron chi connectivity index (χ2n) is 7.07. The summed E-state index contributed by atoms with van der Waals surface area (Å²) >= 11 is 0. The van der Waals surface area contributed by atoms with E-state index in [9.17, 15) is 18.0 Å². The number of sulfonamides is 1. The summed E-state index contributed by atoms with van der Waals surface area (Å²) in [6.45, 7) is 0.397. The number of hydrogen-bond donors (Lipinski definition) is 3. The Bertz CT molecular complexity index is 1240. The van der Waals surface area contributed by atoms with Crippen molar-refractivity contribution in [2.24, 2.45) is 0 Å². The highest BCUT2D eigenvalue weighted by atomic mass is 32.2. The van der Waals surface area contributed by atoms with Crippen LogP contribution < -0.4 is 20.3 Å². The Hall–Kier alpha value is -3.90. The Labute approximate surface area is 190 Å². The van der Waals surface area contributed by atoms with E-state index in [4.69, 9.17) is 0 Å². The van der Waals surface area contributed by atoms with E-state index in [0.29, 0.717) is 23.1 Å². The van der Waals surface area contributed by atoms with Crippen LogP contribution in [0.25, 0.3) is 0 Å². The molecule has 2 amide bonds. The minimum atomic E-state index is -3.76. The smallest absolute Gasteiger partial charge is 0.240 e. The summed E-state index contributed by atoms with van der Waals surface area (Å²) in [5.41, 5.74) is 0.363. The fraction of sp³-hybridized carbons (Fsp3) is 0.190. The van der Waals surface area contributed by atoms with Crippen LogP contribution in [0.2, 0.25) is 0 Å². The second kappa shape index (κ2) is 9.71. The number of carbonyl (C=O) groups excluding carboxylic acids is 2. The summed E-state index contributed by atoms with van der Waals surface area (Å²) in [6, 6.07) is 12.8. The van der Waals surface area contributed by atoms with Gasteiger partial charge >= 0.3 is 0 Å². The third kappa shape index (κ3) is 5.48. The molecule has 3 N–H and O–H groups in total. The minimum absolute atomic E-state index is 0.0363. The molecule has 11 nitrogen and oxygen atoms in total. The van der Waals surface area contributed by atoms with Gasteiger partial charge in [0.25, 0.3) is 0 Å². The predicted molar refractivity (Wildman–Crippen MR) is 121 cm³/mol. The molecule has 12 heteroatoms. The lowest BCUT2D eigenvalue weighted by Crippen LogP contribution is -2.30. The molecule has 0 spiro atoms. The van der Waals surface area contributed by atoms with Gasteiger partial charge < -0.3 is 10.6 Å². The van der Waals surface area contributed by atoms with Gasteiger partial charge in [0.05, 0.1) is 10.6 Å². The van der Waals surface area contributed by atoms with Crippen molar-refractivity contribution >= 4 is 45.0 Å². The summed E-state index contributed by atoms with van der Waals surface area (Å²) in [7, 11) is -3.76. The topological polar surface area (TPSA) is 146 Å². The van der Waals surface area contributed by atoms with E-state index in [1.807, 2.05) is 12.1 Å². The number of rotatable bonds is 9. The van der Waals surface area contributed by atoms with Crippen LogP contribution in [-0.2, 0) is 19.6 Å². The lowest BCUT2D eigenvalue weighted by Gasteiger charge is -2.14. The number of amides is 2. The first kappa shape index (κ1) is 22.3. The Morgan fingerprint density at radius 3 is 2.27 bits per heavy atom. The number of aromatic nitrogens is 3. The molecule has 0 bridgehead atoms. The highest BCUT2D eigenvalue weighted by Gasteiger charge is 2.30. The van der Waals surface area contributed by atoms with Crippen molar-refractivity contribution in [3.8, 4) is 0 Å². The fourth-order valence-corrected chi connectivity index (χ4v) is 4.22. The average Bonchev–Trinajstić information content (AvgIpc) is 3.16. The van der Waals surface area contributed by atoms with Gasteiger partial charge in [-0.2, -0.15) is 0 Å². The first-order chi connectivity index (χ1) is 15.9. The SMILES string of the molecule is O=C1CCC(=O)N1c1ccc(S(=O)(=O)NCCNc2cc(Nc3ccccn3)ncn2)cc1. The maximum atomic E-state index is 12.5. The number of nitrogens with one attached hydrogen (secondary N) is 3. The van der Waals surface area contributed by atoms with Crippen molar-refractivity contribution in [3.05, 3.63) is 61.1 Å². The summed E-state index contributed by atoms with van der Waals surface area (Å²) in [4.78, 5) is 37.2. The van der Waals surface area contributed by atoms with E-state index in [-0.39, 0.29) is 42.6 Å². The van der Waals surface area contributed by atoms with E-state index < -0.39 is 10.0 Å². The molecule has 0 radical (unpaired) electrons. The molecule has 3 heterocycles. The number of anilines is 4. The number of nitrogens with zero attached hydrogens (tertiary/aromatic N) is 4. The third-order valence-electron chi connectivity index (χ3n) is 4.77. The molecule has 1 aromatic carbocycles. The normalized spacial score (nSPS) is 13.9. The fourth-order valence-electron chi connectivity index (χ4n) is 3.19. The van der Waals surface area contributed by atoms with Crippen LogP contribution >= 0.6 is 0 Å². The molecule has 0 saturated carbocycles. The maximum absolute atomic E-state index is 12.5. The van der Waals surface area contributed by atoms with Crippen LogP contribution in [0.4, 0.5) is 23.1 Å². The summed E-state index contributed by atoms with van der Waals surface area (Å²) in [6.07, 6.45) is 3.38. The first-order valence-corrected chi connectivity index (χ1v) is 11.6. The van der Waals surface area contributed by atoms with E-state index in [0.717, 1.165) is 4.90 Å². The lowest BCUT2D eigenvalue weighted by molar-refractivity contribution is -0.121. The zero-order valence-corrected chi connectivity index (χ0v) is 18.2. The Balaban J connectivity index is 1.30. The summed E-state index contributed by atoms with van der Waals surface area (Å²) in [5, 5.41) is 6.08. The van der Waals surface area contributed by atoms with E-state index in [1.54, 1.807) is 18.3 Å². The van der Waals surface area contributed by atoms with E-state index >= 15 is 0 Å². The molecule has 1 aliphatic heterocycles. The Morgan fingerprint density at radius 2 is 1.58 bits per heavy atom. The van der Waals surface area contributed by atoms with Gasteiger partial charge in [0.1, 0.15) is 23.8 Å². The zero-order valence-electron chi connectivity index (χ0n) is 17.4. The summed E-state index contributed by atoms with van der Waals surface area (Å²) in [5.74, 6) is 1.12. The molecule has 1 saturated heterocycles. The van der Waals surface area contributed by atoms with Gasteiger partial charge in [-0.3, -0.25) is 14.5 Å². The third-order valence-corrected chi connectivity index (χ3v) is 6.24. The molecular weight excluding hydrogens is 446 g/mol.